The molecule has 0 radical (unpaired) electrons. The lowest BCUT2D eigenvalue weighted by Crippen LogP contribution is -2.01. The first kappa shape index (κ1) is 15.1. The highest BCUT2D eigenvalue weighted by molar-refractivity contribution is 6.41. The summed E-state index contributed by atoms with van der Waals surface area (Å²) in [7, 11) is 0. The van der Waals surface area contributed by atoms with Gasteiger partial charge in [-0.25, -0.2) is 0 Å². The molecule has 0 saturated heterocycles. The van der Waals surface area contributed by atoms with Crippen molar-refractivity contribution < 1.29 is 0 Å². The van der Waals surface area contributed by atoms with Crippen LogP contribution in [0.5, 0.6) is 0 Å². The molecule has 0 saturated carbocycles. The van der Waals surface area contributed by atoms with E-state index in [1.807, 2.05) is 6.07 Å². The second-order valence-electron chi connectivity index (χ2n) is 3.83. The van der Waals surface area contributed by atoms with Crippen LogP contribution in [0, 0.1) is 0 Å². The predicted molar refractivity (Wildman–Crippen MR) is 85.3 cm³/mol. The van der Waals surface area contributed by atoms with Crippen molar-refractivity contribution in [2.45, 2.75) is 6.54 Å². The van der Waals surface area contributed by atoms with Crippen LogP contribution in [0.4, 0.5) is 5.69 Å². The first-order valence-electron chi connectivity index (χ1n) is 5.29. The normalized spacial score (nSPS) is 10.6. The van der Waals surface area contributed by atoms with E-state index in [1.165, 1.54) is 0 Å². The molecule has 0 unspecified atom stereocenters. The molecule has 2 aromatic carbocycles. The second kappa shape index (κ2) is 6.43. The van der Waals surface area contributed by atoms with E-state index in [0.29, 0.717) is 37.3 Å². The summed E-state index contributed by atoms with van der Waals surface area (Å²) in [6.45, 7) is 0.483. The lowest BCUT2D eigenvalue weighted by atomic mass is 10.2. The highest BCUT2D eigenvalue weighted by atomic mass is 35.5. The van der Waals surface area contributed by atoms with Crippen LogP contribution in [0.25, 0.3) is 0 Å². The molecule has 0 fully saturated rings. The second-order valence-corrected chi connectivity index (χ2v) is 5.93. The van der Waals surface area contributed by atoms with E-state index in [4.69, 9.17) is 58.0 Å². The molecule has 0 spiro atoms. The zero-order chi connectivity index (χ0) is 14.0. The standard InChI is InChI=1S/C13H8Cl5N/c14-8-2-1-7(10(16)3-8)6-19-13-11(17)4-9(15)5-12(13)18/h1-5,19H,6H2. The maximum Gasteiger partial charge on any atom is 0.0722 e. The van der Waals surface area contributed by atoms with Crippen LogP contribution < -0.4 is 5.32 Å². The number of nitrogens with one attached hydrogen (secondary N) is 1. The van der Waals surface area contributed by atoms with E-state index in [2.05, 4.69) is 5.32 Å². The van der Waals surface area contributed by atoms with Gasteiger partial charge in [0.2, 0.25) is 0 Å². The van der Waals surface area contributed by atoms with Crippen LogP contribution in [0.1, 0.15) is 5.56 Å². The van der Waals surface area contributed by atoms with Crippen LogP contribution in [-0.4, -0.2) is 0 Å². The minimum absolute atomic E-state index is 0.461. The van der Waals surface area contributed by atoms with Gasteiger partial charge >= 0.3 is 0 Å². The number of hydrogen-bond donors (Lipinski definition) is 1. The van der Waals surface area contributed by atoms with Gasteiger partial charge in [-0.05, 0) is 29.8 Å². The van der Waals surface area contributed by atoms with E-state index in [1.54, 1.807) is 24.3 Å². The number of rotatable bonds is 3. The van der Waals surface area contributed by atoms with Gasteiger partial charge < -0.3 is 5.32 Å². The quantitative estimate of drug-likeness (QED) is 0.657. The smallest absolute Gasteiger partial charge is 0.0722 e. The number of anilines is 1. The van der Waals surface area contributed by atoms with Crippen molar-refractivity contribution in [2.75, 3.05) is 5.32 Å². The van der Waals surface area contributed by atoms with E-state index in [9.17, 15) is 0 Å². The molecule has 1 nitrogen and oxygen atoms in total. The number of hydrogen-bond acceptors (Lipinski definition) is 1. The van der Waals surface area contributed by atoms with E-state index in [0.717, 1.165) is 5.56 Å². The first-order valence-corrected chi connectivity index (χ1v) is 7.18. The van der Waals surface area contributed by atoms with E-state index >= 15 is 0 Å². The van der Waals surface area contributed by atoms with E-state index in [-0.39, 0.29) is 0 Å². The Morgan fingerprint density at radius 3 is 1.89 bits per heavy atom. The molecule has 2 aromatic rings. The van der Waals surface area contributed by atoms with Crippen LogP contribution in [0.3, 0.4) is 0 Å². The molecule has 1 N–H and O–H groups in total. The van der Waals surface area contributed by atoms with Gasteiger partial charge in [0.1, 0.15) is 0 Å². The Hall–Kier alpha value is -0.310. The van der Waals surface area contributed by atoms with Crippen LogP contribution in [0.15, 0.2) is 30.3 Å². The summed E-state index contributed by atoms with van der Waals surface area (Å²) in [6.07, 6.45) is 0. The predicted octanol–water partition coefficient (Wildman–Crippen LogP) is 6.57. The highest BCUT2D eigenvalue weighted by Crippen LogP contribution is 2.34. The molecule has 2 rings (SSSR count). The summed E-state index contributed by atoms with van der Waals surface area (Å²) < 4.78 is 0. The molecule has 0 atom stereocenters. The van der Waals surface area contributed by atoms with Crippen molar-refractivity contribution in [3.8, 4) is 0 Å². The van der Waals surface area contributed by atoms with Gasteiger partial charge in [0.25, 0.3) is 0 Å². The van der Waals surface area contributed by atoms with Gasteiger partial charge in [0.15, 0.2) is 0 Å². The zero-order valence-electron chi connectivity index (χ0n) is 9.48. The Balaban J connectivity index is 2.19. The summed E-state index contributed by atoms with van der Waals surface area (Å²) in [5.74, 6) is 0. The third-order valence-corrected chi connectivity index (χ3v) is 3.88. The summed E-state index contributed by atoms with van der Waals surface area (Å²) in [4.78, 5) is 0. The lowest BCUT2D eigenvalue weighted by Gasteiger charge is -2.12. The Kier molecular flexibility index (Phi) is 5.10. The molecule has 19 heavy (non-hydrogen) atoms. The average Bonchev–Trinajstić information content (AvgIpc) is 2.30. The van der Waals surface area contributed by atoms with Crippen molar-refractivity contribution in [3.05, 3.63) is 61.0 Å². The van der Waals surface area contributed by atoms with Gasteiger partial charge in [-0.1, -0.05) is 64.1 Å². The van der Waals surface area contributed by atoms with Crippen LogP contribution in [0.2, 0.25) is 25.1 Å². The number of halogens is 5. The molecule has 0 aliphatic rings. The maximum absolute atomic E-state index is 6.09. The summed E-state index contributed by atoms with van der Waals surface area (Å²) in [5.41, 5.74) is 1.52. The van der Waals surface area contributed by atoms with Gasteiger partial charge in [-0.15, -0.1) is 0 Å². The fraction of sp³-hybridized carbons (Fsp3) is 0.0769. The first-order chi connectivity index (χ1) is 8.97. The Morgan fingerprint density at radius 2 is 1.32 bits per heavy atom. The molecule has 100 valence electrons. The summed E-state index contributed by atoms with van der Waals surface area (Å²) >= 11 is 29.9. The highest BCUT2D eigenvalue weighted by Gasteiger charge is 2.08. The van der Waals surface area contributed by atoms with Crippen molar-refractivity contribution in [1.29, 1.82) is 0 Å². The third kappa shape index (κ3) is 3.84. The van der Waals surface area contributed by atoms with Gasteiger partial charge in [-0.3, -0.25) is 0 Å². The summed E-state index contributed by atoms with van der Waals surface area (Å²) in [6, 6.07) is 8.55. The van der Waals surface area contributed by atoms with E-state index < -0.39 is 0 Å². The molecule has 0 aromatic heterocycles. The Bertz CT molecular complexity index is 589. The van der Waals surface area contributed by atoms with Gasteiger partial charge in [0, 0.05) is 21.6 Å². The van der Waals surface area contributed by atoms with Crippen molar-refractivity contribution in [1.82, 2.24) is 0 Å². The Labute approximate surface area is 136 Å². The van der Waals surface area contributed by atoms with Gasteiger partial charge in [0.05, 0.1) is 15.7 Å². The maximum atomic E-state index is 6.09. The minimum atomic E-state index is 0.461. The van der Waals surface area contributed by atoms with Gasteiger partial charge in [-0.2, -0.15) is 0 Å². The molecule has 0 bridgehead atoms. The fourth-order valence-corrected chi connectivity index (χ4v) is 2.99. The van der Waals surface area contributed by atoms with Crippen LogP contribution >= 0.6 is 58.0 Å². The molecule has 0 heterocycles. The Morgan fingerprint density at radius 1 is 0.737 bits per heavy atom. The molecule has 6 heteroatoms. The topological polar surface area (TPSA) is 12.0 Å². The molecule has 0 aliphatic heterocycles. The largest absolute Gasteiger partial charge is 0.378 e. The minimum Gasteiger partial charge on any atom is -0.378 e. The SMILES string of the molecule is Clc1ccc(CNc2c(Cl)cc(Cl)cc2Cl)c(Cl)c1. The van der Waals surface area contributed by atoms with Crippen LogP contribution in [-0.2, 0) is 6.54 Å². The summed E-state index contributed by atoms with van der Waals surface area (Å²) in [5, 5.41) is 5.73. The molecular formula is C13H8Cl5N. The third-order valence-electron chi connectivity index (χ3n) is 2.48. The van der Waals surface area contributed by atoms with Crippen molar-refractivity contribution in [3.63, 3.8) is 0 Å². The number of benzene rings is 2. The molecule has 0 amide bonds. The average molecular weight is 355 g/mol. The monoisotopic (exact) mass is 353 g/mol. The van der Waals surface area contributed by atoms with Crippen molar-refractivity contribution in [2.24, 2.45) is 0 Å². The molecular weight excluding hydrogens is 347 g/mol. The zero-order valence-corrected chi connectivity index (χ0v) is 13.3. The van der Waals surface area contributed by atoms with Crippen molar-refractivity contribution >= 4 is 63.7 Å². The lowest BCUT2D eigenvalue weighted by molar-refractivity contribution is 1.15. The molecule has 0 aliphatic carbocycles. The fourth-order valence-electron chi connectivity index (χ4n) is 1.56.